The Hall–Kier alpha value is -1.68. The fourth-order valence-corrected chi connectivity index (χ4v) is 1.22. The van der Waals surface area contributed by atoms with Gasteiger partial charge in [-0.15, -0.1) is 0 Å². The van der Waals surface area contributed by atoms with Gasteiger partial charge in [0.2, 0.25) is 0 Å². The molecule has 0 amide bonds. The highest BCUT2D eigenvalue weighted by Gasteiger charge is 2.28. The monoisotopic (exact) mass is 208 g/mol. The van der Waals surface area contributed by atoms with Crippen LogP contribution in [0.2, 0.25) is 0 Å². The van der Waals surface area contributed by atoms with Crippen molar-refractivity contribution in [1.82, 2.24) is 0 Å². The first-order valence-corrected chi connectivity index (χ1v) is 4.54. The Labute approximate surface area is 87.2 Å². The Balaban J connectivity index is 2.82. The second-order valence-corrected chi connectivity index (χ2v) is 3.30. The van der Waals surface area contributed by atoms with Crippen LogP contribution in [0.25, 0.3) is 0 Å². The molecule has 0 saturated heterocycles. The van der Waals surface area contributed by atoms with E-state index in [1.807, 2.05) is 0 Å². The molecular formula is C11H12O4. The topological polar surface area (TPSA) is 74.6 Å². The van der Waals surface area contributed by atoms with Crippen LogP contribution in [0.3, 0.4) is 0 Å². The number of benzene rings is 1. The maximum atomic E-state index is 11.7. The molecule has 0 saturated carbocycles. The van der Waals surface area contributed by atoms with Crippen LogP contribution in [0.5, 0.6) is 0 Å². The van der Waals surface area contributed by atoms with E-state index in [9.17, 15) is 14.7 Å². The van der Waals surface area contributed by atoms with E-state index >= 15 is 0 Å². The summed E-state index contributed by atoms with van der Waals surface area (Å²) < 4.78 is 0. The summed E-state index contributed by atoms with van der Waals surface area (Å²) in [6, 6.07) is 8.32. The maximum Gasteiger partial charge on any atom is 0.333 e. The summed E-state index contributed by atoms with van der Waals surface area (Å²) in [7, 11) is 0. The first-order valence-electron chi connectivity index (χ1n) is 4.54. The van der Waals surface area contributed by atoms with Crippen molar-refractivity contribution in [3.8, 4) is 0 Å². The lowest BCUT2D eigenvalue weighted by Crippen LogP contribution is -2.32. The fourth-order valence-electron chi connectivity index (χ4n) is 1.22. The van der Waals surface area contributed by atoms with Gasteiger partial charge in [0.1, 0.15) is 0 Å². The predicted molar refractivity (Wildman–Crippen MR) is 53.6 cm³/mol. The minimum Gasteiger partial charge on any atom is -0.479 e. The molecule has 0 fully saturated rings. The molecule has 1 aromatic carbocycles. The second kappa shape index (κ2) is 4.70. The van der Waals surface area contributed by atoms with Crippen molar-refractivity contribution in [2.75, 3.05) is 0 Å². The predicted octanol–water partition coefficient (Wildman–Crippen LogP) is 0.951. The molecule has 1 aromatic rings. The average Bonchev–Trinajstić information content (AvgIpc) is 2.27. The number of hydrogen-bond donors (Lipinski definition) is 2. The van der Waals surface area contributed by atoms with E-state index in [4.69, 9.17) is 5.11 Å². The number of hydrogen-bond acceptors (Lipinski definition) is 3. The highest BCUT2D eigenvalue weighted by Crippen LogP contribution is 2.12. The lowest BCUT2D eigenvalue weighted by molar-refractivity contribution is -0.148. The molecule has 0 bridgehead atoms. The zero-order chi connectivity index (χ0) is 11.4. The zero-order valence-corrected chi connectivity index (χ0v) is 8.25. The molecule has 80 valence electrons. The van der Waals surface area contributed by atoms with Crippen LogP contribution in [-0.4, -0.2) is 28.1 Å². The smallest absolute Gasteiger partial charge is 0.333 e. The molecule has 4 nitrogen and oxygen atoms in total. The van der Waals surface area contributed by atoms with Crippen molar-refractivity contribution in [1.29, 1.82) is 0 Å². The SMILES string of the molecule is C[C@H](C(=O)c1ccccc1)[C@H](O)C(=O)O. The highest BCUT2D eigenvalue weighted by atomic mass is 16.4. The van der Waals surface area contributed by atoms with Crippen molar-refractivity contribution in [2.24, 2.45) is 5.92 Å². The van der Waals surface area contributed by atoms with Crippen molar-refractivity contribution in [3.05, 3.63) is 35.9 Å². The number of carbonyl (C=O) groups is 2. The van der Waals surface area contributed by atoms with Crippen LogP contribution in [-0.2, 0) is 4.79 Å². The number of carboxylic acid groups (broad SMARTS) is 1. The van der Waals surface area contributed by atoms with Crippen molar-refractivity contribution >= 4 is 11.8 Å². The van der Waals surface area contributed by atoms with Gasteiger partial charge in [0.15, 0.2) is 11.9 Å². The summed E-state index contributed by atoms with van der Waals surface area (Å²) in [4.78, 5) is 22.1. The quantitative estimate of drug-likeness (QED) is 0.722. The molecule has 2 N–H and O–H groups in total. The third kappa shape index (κ3) is 2.63. The van der Waals surface area contributed by atoms with E-state index < -0.39 is 18.0 Å². The molecule has 0 unspecified atom stereocenters. The van der Waals surface area contributed by atoms with E-state index in [-0.39, 0.29) is 5.78 Å². The standard InChI is InChI=1S/C11H12O4/c1-7(10(13)11(14)15)9(12)8-5-3-2-4-6-8/h2-7,10,13H,1H3,(H,14,15)/t7-,10+/m1/s1. The van der Waals surface area contributed by atoms with Gasteiger partial charge in [-0.1, -0.05) is 37.3 Å². The number of Topliss-reactive ketones (excluding diaryl/α,β-unsaturated/α-hetero) is 1. The zero-order valence-electron chi connectivity index (χ0n) is 8.25. The van der Waals surface area contributed by atoms with E-state index in [1.54, 1.807) is 30.3 Å². The van der Waals surface area contributed by atoms with Crippen molar-refractivity contribution < 1.29 is 19.8 Å². The van der Waals surface area contributed by atoms with Crippen molar-refractivity contribution in [2.45, 2.75) is 13.0 Å². The van der Waals surface area contributed by atoms with Gasteiger partial charge in [0.25, 0.3) is 0 Å². The number of aliphatic carboxylic acids is 1. The van der Waals surface area contributed by atoms with Gasteiger partial charge < -0.3 is 10.2 Å². The van der Waals surface area contributed by atoms with E-state index in [0.717, 1.165) is 0 Å². The molecule has 0 aliphatic rings. The number of carbonyl (C=O) groups excluding carboxylic acids is 1. The second-order valence-electron chi connectivity index (χ2n) is 3.30. The average molecular weight is 208 g/mol. The van der Waals surface area contributed by atoms with E-state index in [1.165, 1.54) is 6.92 Å². The number of carboxylic acids is 1. The Morgan fingerprint density at radius 1 is 1.20 bits per heavy atom. The largest absolute Gasteiger partial charge is 0.479 e. The van der Waals surface area contributed by atoms with E-state index in [0.29, 0.717) is 5.56 Å². The summed E-state index contributed by atoms with van der Waals surface area (Å²) in [6.07, 6.45) is -1.65. The molecule has 0 radical (unpaired) electrons. The molecular weight excluding hydrogens is 196 g/mol. The number of aliphatic hydroxyl groups excluding tert-OH is 1. The van der Waals surface area contributed by atoms with Gasteiger partial charge in [-0.3, -0.25) is 4.79 Å². The minimum absolute atomic E-state index is 0.370. The first kappa shape index (κ1) is 11.4. The summed E-state index contributed by atoms with van der Waals surface area (Å²) in [6.45, 7) is 1.40. The molecule has 0 aliphatic heterocycles. The van der Waals surface area contributed by atoms with Gasteiger partial charge >= 0.3 is 5.97 Å². The third-order valence-electron chi connectivity index (χ3n) is 2.20. The van der Waals surface area contributed by atoms with Crippen LogP contribution in [0.1, 0.15) is 17.3 Å². The van der Waals surface area contributed by atoms with Gasteiger partial charge in [-0.2, -0.15) is 0 Å². The molecule has 1 rings (SSSR count). The molecule has 15 heavy (non-hydrogen) atoms. The third-order valence-corrected chi connectivity index (χ3v) is 2.20. The Morgan fingerprint density at radius 2 is 1.73 bits per heavy atom. The number of ketones is 1. The number of aliphatic hydroxyl groups is 1. The lowest BCUT2D eigenvalue weighted by atomic mass is 9.94. The molecule has 4 heteroatoms. The Morgan fingerprint density at radius 3 is 2.20 bits per heavy atom. The molecule has 0 spiro atoms. The van der Waals surface area contributed by atoms with E-state index in [2.05, 4.69) is 0 Å². The van der Waals surface area contributed by atoms with Gasteiger partial charge in [0, 0.05) is 5.56 Å². The molecule has 0 heterocycles. The van der Waals surface area contributed by atoms with Crippen LogP contribution in [0.15, 0.2) is 30.3 Å². The van der Waals surface area contributed by atoms with Crippen LogP contribution in [0.4, 0.5) is 0 Å². The van der Waals surface area contributed by atoms with Crippen LogP contribution >= 0.6 is 0 Å². The fraction of sp³-hybridized carbons (Fsp3) is 0.273. The summed E-state index contributed by atoms with van der Waals surface area (Å²) >= 11 is 0. The summed E-state index contributed by atoms with van der Waals surface area (Å²) in [5.74, 6) is -2.69. The Kier molecular flexibility index (Phi) is 3.57. The van der Waals surface area contributed by atoms with Crippen LogP contribution in [0, 0.1) is 5.92 Å². The normalized spacial score (nSPS) is 14.3. The maximum absolute atomic E-state index is 11.7. The first-order chi connectivity index (χ1) is 7.04. The number of rotatable bonds is 4. The summed E-state index contributed by atoms with van der Waals surface area (Å²) in [5.41, 5.74) is 0.408. The minimum atomic E-state index is -1.65. The highest BCUT2D eigenvalue weighted by molar-refractivity contribution is 6.00. The Bertz CT molecular complexity index is 358. The summed E-state index contributed by atoms with van der Waals surface area (Å²) in [5, 5.41) is 17.8. The van der Waals surface area contributed by atoms with Crippen LogP contribution < -0.4 is 0 Å². The lowest BCUT2D eigenvalue weighted by Gasteiger charge is -2.13. The van der Waals surface area contributed by atoms with Gasteiger partial charge in [-0.05, 0) is 0 Å². The van der Waals surface area contributed by atoms with Gasteiger partial charge in [0.05, 0.1) is 5.92 Å². The van der Waals surface area contributed by atoms with Crippen molar-refractivity contribution in [3.63, 3.8) is 0 Å². The van der Waals surface area contributed by atoms with Gasteiger partial charge in [-0.25, -0.2) is 4.79 Å². The molecule has 2 atom stereocenters. The molecule has 0 aliphatic carbocycles. The molecule has 0 aromatic heterocycles.